The first-order valence-electron chi connectivity index (χ1n) is 6.00. The number of carbonyl (C=O) groups is 2. The molecular formula is C13H13N3O3. The van der Waals surface area contributed by atoms with Crippen molar-refractivity contribution in [3.8, 4) is 6.07 Å². The molecule has 2 heterocycles. The summed E-state index contributed by atoms with van der Waals surface area (Å²) in [6, 6.07) is 5.00. The molecular weight excluding hydrogens is 246 g/mol. The van der Waals surface area contributed by atoms with Gasteiger partial charge in [-0.2, -0.15) is 5.26 Å². The molecule has 1 aliphatic heterocycles. The standard InChI is InChI=1S/C13H13N3O3/c14-7-9-1-2-11(15-8-9)12(17)16-5-3-10(4-6-16)13(18)19/h1-2,8,10H,3-6H2,(H,18,19). The first-order valence-corrected chi connectivity index (χ1v) is 6.00. The lowest BCUT2D eigenvalue weighted by Gasteiger charge is -2.29. The molecule has 1 fully saturated rings. The highest BCUT2D eigenvalue weighted by Gasteiger charge is 2.27. The quantitative estimate of drug-likeness (QED) is 0.851. The molecule has 1 amide bonds. The van der Waals surface area contributed by atoms with Gasteiger partial charge in [-0.15, -0.1) is 0 Å². The predicted octanol–water partition coefficient (Wildman–Crippen LogP) is 0.890. The van der Waals surface area contributed by atoms with Gasteiger partial charge in [0, 0.05) is 19.3 Å². The number of aliphatic carboxylic acids is 1. The molecule has 98 valence electrons. The van der Waals surface area contributed by atoms with Crippen LogP contribution in [-0.2, 0) is 4.79 Å². The molecule has 19 heavy (non-hydrogen) atoms. The fraction of sp³-hybridized carbons (Fsp3) is 0.385. The largest absolute Gasteiger partial charge is 0.481 e. The third kappa shape index (κ3) is 2.88. The van der Waals surface area contributed by atoms with E-state index >= 15 is 0 Å². The zero-order valence-corrected chi connectivity index (χ0v) is 10.2. The minimum atomic E-state index is -0.802. The van der Waals surface area contributed by atoms with Crippen LogP contribution in [0.15, 0.2) is 18.3 Å². The predicted molar refractivity (Wildman–Crippen MR) is 65.2 cm³/mol. The van der Waals surface area contributed by atoms with E-state index in [2.05, 4.69) is 4.98 Å². The van der Waals surface area contributed by atoms with Crippen LogP contribution < -0.4 is 0 Å². The van der Waals surface area contributed by atoms with Crippen molar-refractivity contribution in [2.45, 2.75) is 12.8 Å². The van der Waals surface area contributed by atoms with Gasteiger partial charge in [0.05, 0.1) is 11.5 Å². The van der Waals surface area contributed by atoms with Gasteiger partial charge in [0.2, 0.25) is 0 Å². The van der Waals surface area contributed by atoms with Crippen LogP contribution in [0.3, 0.4) is 0 Å². The summed E-state index contributed by atoms with van der Waals surface area (Å²) >= 11 is 0. The van der Waals surface area contributed by atoms with Crippen LogP contribution in [0.2, 0.25) is 0 Å². The Balaban J connectivity index is 2.01. The zero-order chi connectivity index (χ0) is 13.8. The molecule has 0 atom stereocenters. The van der Waals surface area contributed by atoms with Crippen LogP contribution in [-0.4, -0.2) is 40.0 Å². The summed E-state index contributed by atoms with van der Waals surface area (Å²) in [6.07, 6.45) is 2.30. The van der Waals surface area contributed by atoms with Crippen molar-refractivity contribution < 1.29 is 14.7 Å². The molecule has 0 unspecified atom stereocenters. The summed E-state index contributed by atoms with van der Waals surface area (Å²) in [5.41, 5.74) is 0.689. The Kier molecular flexibility index (Phi) is 3.76. The van der Waals surface area contributed by atoms with Gasteiger partial charge >= 0.3 is 5.97 Å². The smallest absolute Gasteiger partial charge is 0.306 e. The number of carbonyl (C=O) groups excluding carboxylic acids is 1. The molecule has 2 rings (SSSR count). The van der Waals surface area contributed by atoms with Crippen molar-refractivity contribution in [2.24, 2.45) is 5.92 Å². The molecule has 1 aromatic rings. The van der Waals surface area contributed by atoms with Crippen LogP contribution in [0.1, 0.15) is 28.9 Å². The molecule has 0 spiro atoms. The van der Waals surface area contributed by atoms with Crippen molar-refractivity contribution in [2.75, 3.05) is 13.1 Å². The fourth-order valence-corrected chi connectivity index (χ4v) is 2.08. The van der Waals surface area contributed by atoms with Gasteiger partial charge in [-0.1, -0.05) is 0 Å². The molecule has 0 aliphatic carbocycles. The van der Waals surface area contributed by atoms with E-state index in [4.69, 9.17) is 10.4 Å². The number of carboxylic acid groups (broad SMARTS) is 1. The topological polar surface area (TPSA) is 94.3 Å². The molecule has 0 saturated carbocycles. The number of rotatable bonds is 2. The van der Waals surface area contributed by atoms with Gasteiger partial charge in [0.1, 0.15) is 11.8 Å². The van der Waals surface area contributed by atoms with Gasteiger partial charge < -0.3 is 10.0 Å². The Hall–Kier alpha value is -2.42. The number of amides is 1. The van der Waals surface area contributed by atoms with Crippen molar-refractivity contribution in [3.05, 3.63) is 29.6 Å². The number of hydrogen-bond acceptors (Lipinski definition) is 4. The van der Waals surface area contributed by atoms with E-state index in [0.29, 0.717) is 31.5 Å². The maximum Gasteiger partial charge on any atom is 0.306 e. The number of piperidine rings is 1. The molecule has 1 N–H and O–H groups in total. The number of likely N-dealkylation sites (tertiary alicyclic amines) is 1. The number of hydrogen-bond donors (Lipinski definition) is 1. The van der Waals surface area contributed by atoms with Crippen LogP contribution in [0, 0.1) is 17.2 Å². The Morgan fingerprint density at radius 2 is 2.05 bits per heavy atom. The van der Waals surface area contributed by atoms with Crippen LogP contribution >= 0.6 is 0 Å². The average molecular weight is 259 g/mol. The van der Waals surface area contributed by atoms with E-state index in [-0.39, 0.29) is 17.5 Å². The van der Waals surface area contributed by atoms with Gasteiger partial charge in [-0.05, 0) is 25.0 Å². The molecule has 1 aliphatic rings. The Bertz CT molecular complexity index is 525. The fourth-order valence-electron chi connectivity index (χ4n) is 2.08. The van der Waals surface area contributed by atoms with Crippen molar-refractivity contribution in [3.63, 3.8) is 0 Å². The van der Waals surface area contributed by atoms with Crippen molar-refractivity contribution in [1.29, 1.82) is 5.26 Å². The summed E-state index contributed by atoms with van der Waals surface area (Å²) in [5, 5.41) is 17.5. The molecule has 0 radical (unpaired) electrons. The highest BCUT2D eigenvalue weighted by atomic mass is 16.4. The maximum atomic E-state index is 12.1. The van der Waals surface area contributed by atoms with Gasteiger partial charge in [-0.25, -0.2) is 4.98 Å². The third-order valence-electron chi connectivity index (χ3n) is 3.24. The molecule has 6 heteroatoms. The molecule has 1 saturated heterocycles. The molecule has 6 nitrogen and oxygen atoms in total. The average Bonchev–Trinajstić information content (AvgIpc) is 2.46. The molecule has 0 bridgehead atoms. The minimum absolute atomic E-state index is 0.215. The Morgan fingerprint density at radius 1 is 1.37 bits per heavy atom. The summed E-state index contributed by atoms with van der Waals surface area (Å²) < 4.78 is 0. The van der Waals surface area contributed by atoms with Crippen LogP contribution in [0.5, 0.6) is 0 Å². The van der Waals surface area contributed by atoms with E-state index in [1.807, 2.05) is 6.07 Å². The number of carboxylic acids is 1. The second-order valence-corrected chi connectivity index (χ2v) is 4.45. The SMILES string of the molecule is N#Cc1ccc(C(=O)N2CCC(C(=O)O)CC2)nc1. The monoisotopic (exact) mass is 259 g/mol. The highest BCUT2D eigenvalue weighted by Crippen LogP contribution is 2.18. The Morgan fingerprint density at radius 3 is 2.53 bits per heavy atom. The molecule has 1 aromatic heterocycles. The minimum Gasteiger partial charge on any atom is -0.481 e. The van der Waals surface area contributed by atoms with E-state index in [1.165, 1.54) is 12.3 Å². The lowest BCUT2D eigenvalue weighted by molar-refractivity contribution is -0.143. The summed E-state index contributed by atoms with van der Waals surface area (Å²) in [6.45, 7) is 0.856. The normalized spacial score (nSPS) is 15.8. The van der Waals surface area contributed by atoms with Gasteiger partial charge in [0.25, 0.3) is 5.91 Å². The van der Waals surface area contributed by atoms with Gasteiger partial charge in [0.15, 0.2) is 0 Å². The highest BCUT2D eigenvalue weighted by molar-refractivity contribution is 5.92. The van der Waals surface area contributed by atoms with E-state index in [9.17, 15) is 9.59 Å². The number of nitriles is 1. The number of nitrogens with zero attached hydrogens (tertiary/aromatic N) is 3. The second kappa shape index (κ2) is 5.48. The van der Waals surface area contributed by atoms with Crippen LogP contribution in [0.25, 0.3) is 0 Å². The van der Waals surface area contributed by atoms with Crippen molar-refractivity contribution >= 4 is 11.9 Å². The number of pyridine rings is 1. The van der Waals surface area contributed by atoms with Crippen LogP contribution in [0.4, 0.5) is 0 Å². The van der Waals surface area contributed by atoms with E-state index in [0.717, 1.165) is 0 Å². The Labute approximate surface area is 110 Å². The lowest BCUT2D eigenvalue weighted by atomic mass is 9.97. The first-order chi connectivity index (χ1) is 9.11. The lowest BCUT2D eigenvalue weighted by Crippen LogP contribution is -2.40. The van der Waals surface area contributed by atoms with Gasteiger partial charge in [-0.3, -0.25) is 9.59 Å². The molecule has 0 aromatic carbocycles. The summed E-state index contributed by atoms with van der Waals surface area (Å²) in [4.78, 5) is 28.5. The summed E-state index contributed by atoms with van der Waals surface area (Å²) in [7, 11) is 0. The zero-order valence-electron chi connectivity index (χ0n) is 10.2. The third-order valence-corrected chi connectivity index (χ3v) is 3.24. The van der Waals surface area contributed by atoms with Crippen molar-refractivity contribution in [1.82, 2.24) is 9.88 Å². The first kappa shape index (κ1) is 13.0. The van der Waals surface area contributed by atoms with E-state index < -0.39 is 5.97 Å². The maximum absolute atomic E-state index is 12.1. The number of aromatic nitrogens is 1. The second-order valence-electron chi connectivity index (χ2n) is 4.45. The summed E-state index contributed by atoms with van der Waals surface area (Å²) in [5.74, 6) is -1.38. The van der Waals surface area contributed by atoms with E-state index in [1.54, 1.807) is 11.0 Å².